The average molecular weight is 627 g/mol. The van der Waals surface area contributed by atoms with Crippen molar-refractivity contribution in [1.29, 1.82) is 0 Å². The minimum absolute atomic E-state index is 0.0213. The molecule has 0 spiro atoms. The minimum atomic E-state index is -4.77. The zero-order valence-electron chi connectivity index (χ0n) is 22.5. The van der Waals surface area contributed by atoms with Crippen molar-refractivity contribution in [3.05, 3.63) is 83.4 Å². The Labute approximate surface area is 247 Å². The van der Waals surface area contributed by atoms with Crippen LogP contribution in [-0.4, -0.2) is 58.5 Å². The summed E-state index contributed by atoms with van der Waals surface area (Å²) in [5, 5.41) is 17.6. The lowest BCUT2D eigenvalue weighted by molar-refractivity contribution is -0.136. The summed E-state index contributed by atoms with van der Waals surface area (Å²) < 4.78 is 67.7. The second-order valence-electron chi connectivity index (χ2n) is 9.07. The zero-order valence-corrected chi connectivity index (χ0v) is 24.1. The summed E-state index contributed by atoms with van der Waals surface area (Å²) >= 11 is 0. The van der Waals surface area contributed by atoms with Gasteiger partial charge in [0.05, 0.1) is 6.42 Å². The Morgan fingerprint density at radius 3 is 1.86 bits per heavy atom. The van der Waals surface area contributed by atoms with Crippen molar-refractivity contribution in [2.24, 2.45) is 0 Å². The number of hydrogen-bond donors (Lipinski definition) is 6. The summed E-state index contributed by atoms with van der Waals surface area (Å²) in [4.78, 5) is 22.8. The third kappa shape index (κ3) is 8.79. The molecular formula is C27H26N6O8S2. The van der Waals surface area contributed by atoms with E-state index in [1.807, 2.05) is 6.07 Å². The molecule has 0 bridgehead atoms. The van der Waals surface area contributed by atoms with Gasteiger partial charge in [-0.3, -0.25) is 13.9 Å². The molecule has 4 rings (SSSR count). The summed E-state index contributed by atoms with van der Waals surface area (Å²) in [7, 11) is -9.33. The number of nitrogens with one attached hydrogen (secondary N) is 3. The molecule has 3 aromatic carbocycles. The highest BCUT2D eigenvalue weighted by atomic mass is 32.2. The summed E-state index contributed by atoms with van der Waals surface area (Å²) in [6.07, 6.45) is 2.38. The van der Waals surface area contributed by atoms with Gasteiger partial charge in [-0.15, -0.1) is 0 Å². The van der Waals surface area contributed by atoms with Crippen LogP contribution in [0.25, 0.3) is 12.2 Å². The Morgan fingerprint density at radius 2 is 1.28 bits per heavy atom. The number of aromatic nitrogens is 3. The molecule has 0 saturated carbocycles. The molecule has 0 radical (unpaired) electrons. The first-order valence-corrected chi connectivity index (χ1v) is 15.3. The second-order valence-corrected chi connectivity index (χ2v) is 11.9. The fraction of sp³-hybridized carbons (Fsp3) is 0.111. The number of carboxylic acids is 1. The summed E-state index contributed by atoms with van der Waals surface area (Å²) in [5.74, 6) is -0.914. The van der Waals surface area contributed by atoms with Gasteiger partial charge in [0.1, 0.15) is 9.79 Å². The van der Waals surface area contributed by atoms with E-state index in [1.165, 1.54) is 36.4 Å². The molecule has 1 aromatic heterocycles. The second kappa shape index (κ2) is 13.0. The number of aryl methyl sites for hydroxylation is 1. The zero-order chi connectivity index (χ0) is 31.2. The molecular weight excluding hydrogens is 600 g/mol. The van der Waals surface area contributed by atoms with Crippen molar-refractivity contribution in [1.82, 2.24) is 15.0 Å². The quantitative estimate of drug-likeness (QED) is 0.0958. The van der Waals surface area contributed by atoms with Crippen LogP contribution in [0, 0.1) is 6.92 Å². The van der Waals surface area contributed by atoms with E-state index >= 15 is 0 Å². The standard InChI is InChI=1S/C27H26N6O8S2/c1-17-7-8-18(22(15-17)42(36,37)38)9-10-19-11-12-21(16-23(19)43(39,40)41)30-27-32-25(28-14-13-24(34)35)31-26(33-27)29-20-5-3-2-4-6-20/h2-12,15-16H,13-14H2,1H3,(H,34,35)(H,36,37,38)(H,39,40,41)(H3,28,29,30,31,32,33)/b10-9+. The largest absolute Gasteiger partial charge is 0.481 e. The fourth-order valence-corrected chi connectivity index (χ4v) is 5.26. The summed E-state index contributed by atoms with van der Waals surface area (Å²) in [6, 6.07) is 17.2. The SMILES string of the molecule is Cc1ccc(/C=C/c2ccc(Nc3nc(NCCC(=O)O)nc(Nc4ccccc4)n3)cc2S(=O)(=O)O)c(S(=O)(=O)O)c1. The van der Waals surface area contributed by atoms with Gasteiger partial charge in [0.2, 0.25) is 17.8 Å². The van der Waals surface area contributed by atoms with Crippen molar-refractivity contribution in [3.8, 4) is 0 Å². The normalized spacial score (nSPS) is 11.8. The molecule has 0 aliphatic rings. The highest BCUT2D eigenvalue weighted by Gasteiger charge is 2.18. The maximum absolute atomic E-state index is 12.3. The first-order chi connectivity index (χ1) is 20.3. The molecule has 0 unspecified atom stereocenters. The predicted octanol–water partition coefficient (Wildman–Crippen LogP) is 4.22. The monoisotopic (exact) mass is 626 g/mol. The van der Waals surface area contributed by atoms with Crippen molar-refractivity contribution in [3.63, 3.8) is 0 Å². The van der Waals surface area contributed by atoms with Crippen LogP contribution in [0.5, 0.6) is 0 Å². The van der Waals surface area contributed by atoms with Gasteiger partial charge >= 0.3 is 5.97 Å². The van der Waals surface area contributed by atoms with E-state index in [1.54, 1.807) is 37.3 Å². The van der Waals surface area contributed by atoms with Crippen LogP contribution >= 0.6 is 0 Å². The molecule has 0 aliphatic carbocycles. The molecule has 0 amide bonds. The fourth-order valence-electron chi connectivity index (χ4n) is 3.78. The Bertz CT molecular complexity index is 1900. The molecule has 1 heterocycles. The summed E-state index contributed by atoms with van der Waals surface area (Å²) in [6.45, 7) is 1.67. The molecule has 0 saturated heterocycles. The number of benzene rings is 3. The Kier molecular flexibility index (Phi) is 9.35. The number of carbonyl (C=O) groups is 1. The number of carboxylic acid groups (broad SMARTS) is 1. The van der Waals surface area contributed by atoms with Crippen LogP contribution in [0.3, 0.4) is 0 Å². The van der Waals surface area contributed by atoms with Gasteiger partial charge in [0.25, 0.3) is 20.2 Å². The molecule has 6 N–H and O–H groups in total. The van der Waals surface area contributed by atoms with Gasteiger partial charge in [-0.2, -0.15) is 31.8 Å². The van der Waals surface area contributed by atoms with Crippen LogP contribution in [0.4, 0.5) is 29.2 Å². The molecule has 14 nitrogen and oxygen atoms in total. The van der Waals surface area contributed by atoms with Crippen LogP contribution in [0.1, 0.15) is 23.1 Å². The first-order valence-electron chi connectivity index (χ1n) is 12.5. The molecule has 4 aromatic rings. The van der Waals surface area contributed by atoms with Crippen molar-refractivity contribution >= 4 is 67.6 Å². The number of nitrogens with zero attached hydrogens (tertiary/aromatic N) is 3. The van der Waals surface area contributed by atoms with Crippen molar-refractivity contribution in [2.45, 2.75) is 23.1 Å². The smallest absolute Gasteiger partial charge is 0.305 e. The highest BCUT2D eigenvalue weighted by Crippen LogP contribution is 2.27. The van der Waals surface area contributed by atoms with E-state index in [2.05, 4.69) is 30.9 Å². The number of para-hydroxylation sites is 1. The van der Waals surface area contributed by atoms with Gasteiger partial charge in [0, 0.05) is 17.9 Å². The first kappa shape index (κ1) is 31.0. The molecule has 0 fully saturated rings. The van der Waals surface area contributed by atoms with Gasteiger partial charge in [-0.05, 0) is 53.9 Å². The lowest BCUT2D eigenvalue weighted by Gasteiger charge is -2.12. The molecule has 16 heteroatoms. The third-order valence-electron chi connectivity index (χ3n) is 5.72. The van der Waals surface area contributed by atoms with Crippen molar-refractivity contribution in [2.75, 3.05) is 22.5 Å². The molecule has 0 atom stereocenters. The molecule has 0 aliphatic heterocycles. The molecule has 224 valence electrons. The summed E-state index contributed by atoms with van der Waals surface area (Å²) in [5.41, 5.74) is 1.52. The number of hydrogen-bond acceptors (Lipinski definition) is 11. The number of aliphatic carboxylic acids is 1. The number of anilines is 5. The lowest BCUT2D eigenvalue weighted by atomic mass is 10.1. The Hall–Kier alpha value is -4.90. The van der Waals surface area contributed by atoms with Crippen LogP contribution in [-0.2, 0) is 25.0 Å². The maximum Gasteiger partial charge on any atom is 0.305 e. The van der Waals surface area contributed by atoms with E-state index in [4.69, 9.17) is 5.11 Å². The van der Waals surface area contributed by atoms with Crippen LogP contribution in [0.15, 0.2) is 76.5 Å². The Morgan fingerprint density at radius 1 is 0.744 bits per heavy atom. The predicted molar refractivity (Wildman–Crippen MR) is 160 cm³/mol. The third-order valence-corrected chi connectivity index (χ3v) is 7.54. The van der Waals surface area contributed by atoms with Gasteiger partial charge in [-0.1, -0.05) is 48.6 Å². The molecule has 43 heavy (non-hydrogen) atoms. The topological polar surface area (TPSA) is 221 Å². The van der Waals surface area contributed by atoms with E-state index in [0.717, 1.165) is 6.07 Å². The lowest BCUT2D eigenvalue weighted by Crippen LogP contribution is -2.13. The number of rotatable bonds is 12. The van der Waals surface area contributed by atoms with Gasteiger partial charge in [-0.25, -0.2) is 0 Å². The van der Waals surface area contributed by atoms with E-state index < -0.39 is 31.1 Å². The van der Waals surface area contributed by atoms with Crippen LogP contribution in [0.2, 0.25) is 0 Å². The van der Waals surface area contributed by atoms with E-state index in [9.17, 15) is 30.7 Å². The highest BCUT2D eigenvalue weighted by molar-refractivity contribution is 7.86. The van der Waals surface area contributed by atoms with Crippen molar-refractivity contribution < 1.29 is 35.8 Å². The van der Waals surface area contributed by atoms with Gasteiger partial charge in [0.15, 0.2) is 0 Å². The van der Waals surface area contributed by atoms with Crippen LogP contribution < -0.4 is 16.0 Å². The minimum Gasteiger partial charge on any atom is -0.481 e. The maximum atomic E-state index is 12.3. The van der Waals surface area contributed by atoms with Gasteiger partial charge < -0.3 is 21.1 Å². The average Bonchev–Trinajstić information content (AvgIpc) is 2.92. The van der Waals surface area contributed by atoms with E-state index in [0.29, 0.717) is 11.3 Å². The Balaban J connectivity index is 1.67. The van der Waals surface area contributed by atoms with E-state index in [-0.39, 0.29) is 52.5 Å².